The van der Waals surface area contributed by atoms with Crippen molar-refractivity contribution in [3.05, 3.63) is 24.2 Å². The zero-order chi connectivity index (χ0) is 19.2. The van der Waals surface area contributed by atoms with Gasteiger partial charge < -0.3 is 14.5 Å². The lowest BCUT2D eigenvalue weighted by atomic mass is 9.48. The number of carbonyl (C=O) groups is 3. The molecule has 0 aliphatic heterocycles. The summed E-state index contributed by atoms with van der Waals surface area (Å²) >= 11 is 0. The summed E-state index contributed by atoms with van der Waals surface area (Å²) in [6.07, 6.45) is 7.24. The standard InChI is InChI=1S/C21H27NO5/c1-12(22-19(24)17-4-3-5-26-17)20(25)27-13(2)18(23)21-9-14-6-15(10-21)8-16(7-14)11-21/h3-5,12-16H,6-11H2,1-2H3,(H,22,24)/t12-,13-,14?,15?,16?,21?/m1/s1. The van der Waals surface area contributed by atoms with Crippen molar-refractivity contribution in [2.75, 3.05) is 0 Å². The molecule has 6 nitrogen and oxygen atoms in total. The van der Waals surface area contributed by atoms with Crippen molar-refractivity contribution >= 4 is 17.7 Å². The van der Waals surface area contributed by atoms with Gasteiger partial charge >= 0.3 is 5.97 Å². The first-order valence-corrected chi connectivity index (χ1v) is 9.95. The van der Waals surface area contributed by atoms with Crippen molar-refractivity contribution in [3.8, 4) is 0 Å². The zero-order valence-electron chi connectivity index (χ0n) is 15.9. The van der Waals surface area contributed by atoms with Crippen LogP contribution in [-0.2, 0) is 14.3 Å². The van der Waals surface area contributed by atoms with Crippen LogP contribution in [0.25, 0.3) is 0 Å². The van der Waals surface area contributed by atoms with E-state index in [1.54, 1.807) is 19.9 Å². The minimum absolute atomic E-state index is 0.0690. The number of amides is 1. The van der Waals surface area contributed by atoms with Crippen LogP contribution < -0.4 is 5.32 Å². The highest BCUT2D eigenvalue weighted by Crippen LogP contribution is 2.60. The van der Waals surface area contributed by atoms with E-state index in [-0.39, 0.29) is 17.0 Å². The number of rotatable bonds is 6. The van der Waals surface area contributed by atoms with Gasteiger partial charge in [0.15, 0.2) is 17.6 Å². The van der Waals surface area contributed by atoms with Crippen LogP contribution in [0.1, 0.15) is 62.9 Å². The first-order valence-electron chi connectivity index (χ1n) is 9.95. The number of furan rings is 1. The number of nitrogens with one attached hydrogen (secondary N) is 1. The Kier molecular flexibility index (Phi) is 4.60. The Bertz CT molecular complexity index is 702. The van der Waals surface area contributed by atoms with Gasteiger partial charge in [0.2, 0.25) is 0 Å². The van der Waals surface area contributed by atoms with Crippen molar-refractivity contribution in [3.63, 3.8) is 0 Å². The SMILES string of the molecule is C[C@@H](NC(=O)c1ccco1)C(=O)O[C@H](C)C(=O)C12CC3CC(CC(C3)C1)C2. The van der Waals surface area contributed by atoms with Crippen LogP contribution in [-0.4, -0.2) is 29.8 Å². The molecule has 4 fully saturated rings. The Labute approximate surface area is 159 Å². The molecule has 0 unspecified atom stereocenters. The normalized spacial score (nSPS) is 33.3. The van der Waals surface area contributed by atoms with Crippen molar-refractivity contribution in [2.24, 2.45) is 23.2 Å². The molecule has 1 aromatic heterocycles. The second-order valence-electron chi connectivity index (χ2n) is 8.81. The minimum Gasteiger partial charge on any atom is -0.459 e. The van der Waals surface area contributed by atoms with E-state index in [0.717, 1.165) is 19.3 Å². The van der Waals surface area contributed by atoms with Crippen molar-refractivity contribution in [2.45, 2.75) is 64.5 Å². The maximum absolute atomic E-state index is 13.2. The molecular formula is C21H27NO5. The molecule has 0 radical (unpaired) electrons. The number of Topliss-reactive ketones (excluding diaryl/α,β-unsaturated/α-hetero) is 1. The molecule has 0 spiro atoms. The lowest BCUT2D eigenvalue weighted by Gasteiger charge is -2.56. The van der Waals surface area contributed by atoms with Gasteiger partial charge in [0, 0.05) is 5.41 Å². The molecule has 4 saturated carbocycles. The second-order valence-corrected chi connectivity index (χ2v) is 8.81. The van der Waals surface area contributed by atoms with Crippen molar-refractivity contribution in [1.29, 1.82) is 0 Å². The molecule has 1 heterocycles. The maximum atomic E-state index is 13.2. The van der Waals surface area contributed by atoms with E-state index in [9.17, 15) is 14.4 Å². The molecule has 0 aromatic carbocycles. The topological polar surface area (TPSA) is 85.6 Å². The Morgan fingerprint density at radius 2 is 1.70 bits per heavy atom. The van der Waals surface area contributed by atoms with Crippen LogP contribution in [0.15, 0.2) is 22.8 Å². The average molecular weight is 373 g/mol. The van der Waals surface area contributed by atoms with Crippen molar-refractivity contribution in [1.82, 2.24) is 5.32 Å². The van der Waals surface area contributed by atoms with Crippen LogP contribution in [0.3, 0.4) is 0 Å². The molecule has 5 rings (SSSR count). The van der Waals surface area contributed by atoms with Crippen LogP contribution >= 0.6 is 0 Å². The van der Waals surface area contributed by atoms with Gasteiger partial charge in [0.1, 0.15) is 6.04 Å². The van der Waals surface area contributed by atoms with E-state index in [4.69, 9.17) is 9.15 Å². The summed E-state index contributed by atoms with van der Waals surface area (Å²) in [6.45, 7) is 3.21. The fraction of sp³-hybridized carbons (Fsp3) is 0.667. The Hall–Kier alpha value is -2.11. The van der Waals surface area contributed by atoms with Gasteiger partial charge in [-0.3, -0.25) is 9.59 Å². The van der Waals surface area contributed by atoms with Gasteiger partial charge in [0.05, 0.1) is 6.26 Å². The fourth-order valence-electron chi connectivity index (χ4n) is 5.91. The molecule has 2 atom stereocenters. The van der Waals surface area contributed by atoms with Gasteiger partial charge in [-0.1, -0.05) is 0 Å². The first kappa shape index (κ1) is 18.3. The fourth-order valence-corrected chi connectivity index (χ4v) is 5.91. The average Bonchev–Trinajstić information content (AvgIpc) is 3.14. The van der Waals surface area contributed by atoms with E-state index >= 15 is 0 Å². The Morgan fingerprint density at radius 1 is 1.11 bits per heavy atom. The van der Waals surface area contributed by atoms with Gasteiger partial charge in [0.25, 0.3) is 5.91 Å². The second kappa shape index (κ2) is 6.80. The highest BCUT2D eigenvalue weighted by atomic mass is 16.5. The number of ketones is 1. The van der Waals surface area contributed by atoms with E-state index in [1.807, 2.05) is 0 Å². The molecule has 6 heteroatoms. The summed E-state index contributed by atoms with van der Waals surface area (Å²) in [5.74, 6) is 1.11. The third-order valence-electron chi connectivity index (χ3n) is 6.67. The quantitative estimate of drug-likeness (QED) is 0.775. The molecule has 27 heavy (non-hydrogen) atoms. The van der Waals surface area contributed by atoms with Gasteiger partial charge in [-0.15, -0.1) is 0 Å². The number of ether oxygens (including phenoxy) is 1. The molecule has 1 aromatic rings. The monoisotopic (exact) mass is 373 g/mol. The summed E-state index contributed by atoms with van der Waals surface area (Å²) in [4.78, 5) is 37.5. The summed E-state index contributed by atoms with van der Waals surface area (Å²) in [5.41, 5.74) is -0.297. The lowest BCUT2D eigenvalue weighted by Crippen LogP contribution is -2.53. The summed E-state index contributed by atoms with van der Waals surface area (Å²) in [6, 6.07) is 2.27. The highest BCUT2D eigenvalue weighted by Gasteiger charge is 2.55. The molecule has 4 aliphatic carbocycles. The molecule has 0 saturated heterocycles. The van der Waals surface area contributed by atoms with Crippen LogP contribution in [0.5, 0.6) is 0 Å². The molecule has 1 N–H and O–H groups in total. The Morgan fingerprint density at radius 3 is 2.22 bits per heavy atom. The summed E-state index contributed by atoms with van der Waals surface area (Å²) in [7, 11) is 0. The largest absolute Gasteiger partial charge is 0.459 e. The summed E-state index contributed by atoms with van der Waals surface area (Å²) < 4.78 is 10.5. The smallest absolute Gasteiger partial charge is 0.329 e. The lowest BCUT2D eigenvalue weighted by molar-refractivity contribution is -0.165. The van der Waals surface area contributed by atoms with Gasteiger partial charge in [-0.25, -0.2) is 4.79 Å². The predicted molar refractivity (Wildman–Crippen MR) is 96.8 cm³/mol. The maximum Gasteiger partial charge on any atom is 0.329 e. The highest BCUT2D eigenvalue weighted by molar-refractivity contribution is 5.95. The molecule has 4 aliphatic rings. The number of hydrogen-bond donors (Lipinski definition) is 1. The number of carbonyl (C=O) groups excluding carboxylic acids is 3. The molecule has 4 bridgehead atoms. The van der Waals surface area contributed by atoms with E-state index in [0.29, 0.717) is 17.8 Å². The van der Waals surface area contributed by atoms with E-state index in [2.05, 4.69) is 5.32 Å². The molecule has 1 amide bonds. The molecular weight excluding hydrogens is 346 g/mol. The molecule has 146 valence electrons. The van der Waals surface area contributed by atoms with Gasteiger partial charge in [-0.05, 0) is 82.3 Å². The number of hydrogen-bond acceptors (Lipinski definition) is 5. The summed E-state index contributed by atoms with van der Waals surface area (Å²) in [5, 5.41) is 2.54. The van der Waals surface area contributed by atoms with Crippen LogP contribution in [0.2, 0.25) is 0 Å². The van der Waals surface area contributed by atoms with Crippen LogP contribution in [0, 0.1) is 23.2 Å². The zero-order valence-corrected chi connectivity index (χ0v) is 15.9. The van der Waals surface area contributed by atoms with E-state index < -0.39 is 24.0 Å². The predicted octanol–water partition coefficient (Wildman–Crippen LogP) is 3.12. The third-order valence-corrected chi connectivity index (χ3v) is 6.67. The van der Waals surface area contributed by atoms with Crippen molar-refractivity contribution < 1.29 is 23.5 Å². The third kappa shape index (κ3) is 3.42. The van der Waals surface area contributed by atoms with Gasteiger partial charge in [-0.2, -0.15) is 0 Å². The van der Waals surface area contributed by atoms with Crippen LogP contribution in [0.4, 0.5) is 0 Å². The Balaban J connectivity index is 1.35. The van der Waals surface area contributed by atoms with E-state index in [1.165, 1.54) is 31.6 Å². The minimum atomic E-state index is -0.853. The number of esters is 1. The first-order chi connectivity index (χ1) is 12.9.